The summed E-state index contributed by atoms with van der Waals surface area (Å²) in [6.07, 6.45) is 2.64. The second-order valence-corrected chi connectivity index (χ2v) is 8.69. The minimum absolute atomic E-state index is 0.150. The summed E-state index contributed by atoms with van der Waals surface area (Å²) < 4.78 is 31.4. The molecule has 1 aromatic carbocycles. The molecule has 8 heteroatoms. The zero-order valence-corrected chi connectivity index (χ0v) is 15.5. The maximum absolute atomic E-state index is 12.6. The highest BCUT2D eigenvalue weighted by atomic mass is 32.2. The minimum atomic E-state index is -3.43. The van der Waals surface area contributed by atoms with Crippen molar-refractivity contribution in [3.05, 3.63) is 24.3 Å². The minimum Gasteiger partial charge on any atom is -0.478 e. The number of nitrogens with zero attached hydrogens (tertiary/aromatic N) is 2. The Morgan fingerprint density at radius 3 is 2.52 bits per heavy atom. The first-order valence-electron chi connectivity index (χ1n) is 8.57. The van der Waals surface area contributed by atoms with E-state index in [0.29, 0.717) is 17.9 Å². The van der Waals surface area contributed by atoms with E-state index in [1.165, 1.54) is 10.6 Å². The highest BCUT2D eigenvalue weighted by Gasteiger charge is 2.32. The van der Waals surface area contributed by atoms with Gasteiger partial charge in [-0.1, -0.05) is 12.1 Å². The molecule has 1 fully saturated rings. The Hall–Kier alpha value is -1.80. The number of likely N-dealkylation sites (tertiary alicyclic amines) is 1. The summed E-state index contributed by atoms with van der Waals surface area (Å²) in [6, 6.07) is 7.09. The van der Waals surface area contributed by atoms with Crippen molar-refractivity contribution >= 4 is 21.6 Å². The van der Waals surface area contributed by atoms with Crippen molar-refractivity contribution in [1.82, 2.24) is 10.2 Å². The SMILES string of the molecule is CN1CCC(NC(=O)[C@H]2CCN(S(C)(=O)=O)c3ccccc3O2)CC1. The molecule has 3 rings (SSSR count). The van der Waals surface area contributed by atoms with Crippen LogP contribution in [0.5, 0.6) is 5.75 Å². The normalized spacial score (nSPS) is 22.6. The van der Waals surface area contributed by atoms with Gasteiger partial charge >= 0.3 is 0 Å². The fourth-order valence-electron chi connectivity index (χ4n) is 3.31. The Labute approximate surface area is 149 Å². The lowest BCUT2D eigenvalue weighted by Crippen LogP contribution is -2.48. The summed E-state index contributed by atoms with van der Waals surface area (Å²) in [6.45, 7) is 2.14. The van der Waals surface area contributed by atoms with Crippen LogP contribution in [0.2, 0.25) is 0 Å². The molecule has 1 aromatic rings. The van der Waals surface area contributed by atoms with Crippen molar-refractivity contribution in [2.75, 3.05) is 37.2 Å². The molecule has 1 atom stereocenters. The Bertz CT molecular complexity index is 729. The van der Waals surface area contributed by atoms with Gasteiger partial charge in [-0.25, -0.2) is 8.42 Å². The number of hydrogen-bond acceptors (Lipinski definition) is 5. The molecule has 0 radical (unpaired) electrons. The van der Waals surface area contributed by atoms with Gasteiger partial charge in [0.2, 0.25) is 10.0 Å². The van der Waals surface area contributed by atoms with Crippen LogP contribution >= 0.6 is 0 Å². The molecule has 2 aliphatic heterocycles. The monoisotopic (exact) mass is 367 g/mol. The van der Waals surface area contributed by atoms with Gasteiger partial charge in [-0.3, -0.25) is 9.10 Å². The van der Waals surface area contributed by atoms with Crippen LogP contribution < -0.4 is 14.4 Å². The first-order chi connectivity index (χ1) is 11.8. The van der Waals surface area contributed by atoms with Crippen LogP contribution in [0.1, 0.15) is 19.3 Å². The topological polar surface area (TPSA) is 79.0 Å². The number of piperidine rings is 1. The van der Waals surface area contributed by atoms with Gasteiger partial charge in [0.1, 0.15) is 5.75 Å². The Morgan fingerprint density at radius 2 is 1.84 bits per heavy atom. The van der Waals surface area contributed by atoms with E-state index in [2.05, 4.69) is 17.3 Å². The van der Waals surface area contributed by atoms with Gasteiger partial charge in [-0.05, 0) is 45.1 Å². The van der Waals surface area contributed by atoms with Crippen molar-refractivity contribution in [2.45, 2.75) is 31.4 Å². The standard InChI is InChI=1S/C17H25N3O4S/c1-19-10-7-13(8-11-19)18-17(21)16-9-12-20(25(2,22)23)14-5-3-4-6-15(14)24-16/h3-6,13,16H,7-12H2,1-2H3,(H,18,21)/t16-/m1/s1. The van der Waals surface area contributed by atoms with Crippen LogP contribution in [-0.4, -0.2) is 64.3 Å². The van der Waals surface area contributed by atoms with Crippen LogP contribution in [0.4, 0.5) is 5.69 Å². The molecule has 2 heterocycles. The Morgan fingerprint density at radius 1 is 1.16 bits per heavy atom. The number of sulfonamides is 1. The molecule has 138 valence electrons. The number of anilines is 1. The molecule has 0 spiro atoms. The number of benzene rings is 1. The lowest BCUT2D eigenvalue weighted by atomic mass is 10.0. The molecular formula is C17H25N3O4S. The fourth-order valence-corrected chi connectivity index (χ4v) is 4.25. The van der Waals surface area contributed by atoms with E-state index in [-0.39, 0.29) is 18.5 Å². The van der Waals surface area contributed by atoms with E-state index < -0.39 is 16.1 Å². The van der Waals surface area contributed by atoms with E-state index in [1.807, 2.05) is 0 Å². The summed E-state index contributed by atoms with van der Waals surface area (Å²) in [5.41, 5.74) is 0.486. The molecule has 0 saturated carbocycles. The van der Waals surface area contributed by atoms with E-state index in [4.69, 9.17) is 4.74 Å². The highest BCUT2D eigenvalue weighted by molar-refractivity contribution is 7.92. The first-order valence-corrected chi connectivity index (χ1v) is 10.4. The quantitative estimate of drug-likeness (QED) is 0.855. The van der Waals surface area contributed by atoms with E-state index >= 15 is 0 Å². The predicted molar refractivity (Wildman–Crippen MR) is 96.3 cm³/mol. The lowest BCUT2D eigenvalue weighted by molar-refractivity contribution is -0.129. The van der Waals surface area contributed by atoms with Gasteiger partial charge in [-0.2, -0.15) is 0 Å². The van der Waals surface area contributed by atoms with Crippen LogP contribution in [0.3, 0.4) is 0 Å². The second kappa shape index (κ2) is 7.21. The second-order valence-electron chi connectivity index (χ2n) is 6.78. The summed E-state index contributed by atoms with van der Waals surface area (Å²) >= 11 is 0. The van der Waals surface area contributed by atoms with E-state index in [0.717, 1.165) is 25.9 Å². The molecule has 2 aliphatic rings. The van der Waals surface area contributed by atoms with Crippen molar-refractivity contribution in [1.29, 1.82) is 0 Å². The average Bonchev–Trinajstić information content (AvgIpc) is 2.76. The van der Waals surface area contributed by atoms with Crippen molar-refractivity contribution in [2.24, 2.45) is 0 Å². The van der Waals surface area contributed by atoms with E-state index in [1.54, 1.807) is 24.3 Å². The smallest absolute Gasteiger partial charge is 0.261 e. The van der Waals surface area contributed by atoms with Crippen LogP contribution in [-0.2, 0) is 14.8 Å². The number of nitrogens with one attached hydrogen (secondary N) is 1. The number of carbonyl (C=O) groups is 1. The number of hydrogen-bond donors (Lipinski definition) is 1. The van der Waals surface area contributed by atoms with Gasteiger partial charge in [0.25, 0.3) is 5.91 Å². The molecule has 1 amide bonds. The number of ether oxygens (including phenoxy) is 1. The third-order valence-corrected chi connectivity index (χ3v) is 5.94. The molecule has 1 saturated heterocycles. The molecule has 7 nitrogen and oxygen atoms in total. The molecular weight excluding hydrogens is 342 g/mol. The summed E-state index contributed by atoms with van der Waals surface area (Å²) in [5.74, 6) is 0.258. The van der Waals surface area contributed by atoms with E-state index in [9.17, 15) is 13.2 Å². The highest BCUT2D eigenvalue weighted by Crippen LogP contribution is 2.33. The maximum Gasteiger partial charge on any atom is 0.261 e. The zero-order valence-electron chi connectivity index (χ0n) is 14.6. The lowest BCUT2D eigenvalue weighted by Gasteiger charge is -2.30. The number of rotatable bonds is 3. The predicted octanol–water partition coefficient (Wildman–Crippen LogP) is 0.814. The van der Waals surface area contributed by atoms with Crippen molar-refractivity contribution < 1.29 is 17.9 Å². The molecule has 25 heavy (non-hydrogen) atoms. The third kappa shape index (κ3) is 4.24. The fraction of sp³-hybridized carbons (Fsp3) is 0.588. The summed E-state index contributed by atoms with van der Waals surface area (Å²) in [5, 5.41) is 3.06. The van der Waals surface area contributed by atoms with Gasteiger partial charge in [-0.15, -0.1) is 0 Å². The van der Waals surface area contributed by atoms with Gasteiger partial charge in [0.05, 0.1) is 11.9 Å². The number of para-hydroxylation sites is 2. The number of carbonyl (C=O) groups excluding carboxylic acids is 1. The van der Waals surface area contributed by atoms with Crippen molar-refractivity contribution in [3.63, 3.8) is 0 Å². The van der Waals surface area contributed by atoms with Crippen LogP contribution in [0.15, 0.2) is 24.3 Å². The number of amides is 1. The molecule has 0 bridgehead atoms. The summed E-state index contributed by atoms with van der Waals surface area (Å²) in [7, 11) is -1.36. The Balaban J connectivity index is 1.74. The number of fused-ring (bicyclic) bond motifs is 1. The molecule has 1 N–H and O–H groups in total. The summed E-state index contributed by atoms with van der Waals surface area (Å²) in [4.78, 5) is 14.9. The molecule has 0 unspecified atom stereocenters. The third-order valence-electron chi connectivity index (χ3n) is 4.76. The van der Waals surface area contributed by atoms with Crippen LogP contribution in [0, 0.1) is 0 Å². The largest absolute Gasteiger partial charge is 0.478 e. The average molecular weight is 367 g/mol. The maximum atomic E-state index is 12.6. The first kappa shape index (κ1) is 18.0. The van der Waals surface area contributed by atoms with Gasteiger partial charge < -0.3 is 15.0 Å². The van der Waals surface area contributed by atoms with Crippen LogP contribution in [0.25, 0.3) is 0 Å². The Kier molecular flexibility index (Phi) is 5.19. The molecule has 0 aromatic heterocycles. The van der Waals surface area contributed by atoms with Crippen molar-refractivity contribution in [3.8, 4) is 5.75 Å². The van der Waals surface area contributed by atoms with Gasteiger partial charge in [0.15, 0.2) is 6.10 Å². The molecule has 0 aliphatic carbocycles. The van der Waals surface area contributed by atoms with Gasteiger partial charge in [0, 0.05) is 19.0 Å². The zero-order chi connectivity index (χ0) is 18.0.